The van der Waals surface area contributed by atoms with Gasteiger partial charge in [-0.05, 0) is 50.6 Å². The summed E-state index contributed by atoms with van der Waals surface area (Å²) >= 11 is 7.92. The molecule has 5 nitrogen and oxygen atoms in total. The van der Waals surface area contributed by atoms with Gasteiger partial charge in [-0.1, -0.05) is 35.1 Å². The predicted octanol–water partition coefficient (Wildman–Crippen LogP) is 5.58. The van der Waals surface area contributed by atoms with Crippen molar-refractivity contribution in [2.24, 2.45) is 5.10 Å². The molecule has 0 unspecified atom stereocenters. The number of nitrogens with zero attached hydrogens (tertiary/aromatic N) is 2. The summed E-state index contributed by atoms with van der Waals surface area (Å²) in [6.45, 7) is 6.34. The molecule has 7 heteroatoms. The van der Waals surface area contributed by atoms with Crippen molar-refractivity contribution >= 4 is 44.5 Å². The lowest BCUT2D eigenvalue weighted by Gasteiger charge is -2.16. The zero-order valence-electron chi connectivity index (χ0n) is 14.8. The Hall–Kier alpha value is -2.31. The first-order chi connectivity index (χ1) is 12.6. The average molecular weight is 390 g/mol. The van der Waals surface area contributed by atoms with E-state index in [4.69, 9.17) is 21.1 Å². The van der Waals surface area contributed by atoms with Crippen LogP contribution in [0.3, 0.4) is 0 Å². The molecule has 3 rings (SSSR count). The highest BCUT2D eigenvalue weighted by Crippen LogP contribution is 2.37. The van der Waals surface area contributed by atoms with E-state index in [1.807, 2.05) is 51.1 Å². The molecule has 0 aliphatic carbocycles. The van der Waals surface area contributed by atoms with Crippen LogP contribution in [0.15, 0.2) is 41.5 Å². The van der Waals surface area contributed by atoms with Crippen LogP contribution < -0.4 is 14.9 Å². The molecule has 136 valence electrons. The summed E-state index contributed by atoms with van der Waals surface area (Å²) in [5, 5.41) is 5.48. The maximum Gasteiger partial charge on any atom is 0.204 e. The summed E-state index contributed by atoms with van der Waals surface area (Å²) in [4.78, 5) is 4.48. The number of benzene rings is 2. The van der Waals surface area contributed by atoms with Crippen molar-refractivity contribution in [3.63, 3.8) is 0 Å². The van der Waals surface area contributed by atoms with Gasteiger partial charge in [-0.15, -0.1) is 0 Å². The molecule has 1 heterocycles. The first-order valence-electron chi connectivity index (χ1n) is 8.34. The van der Waals surface area contributed by atoms with Crippen molar-refractivity contribution in [2.75, 3.05) is 12.0 Å². The molecule has 0 spiro atoms. The highest BCUT2D eigenvalue weighted by atomic mass is 35.5. The van der Waals surface area contributed by atoms with Gasteiger partial charge >= 0.3 is 0 Å². The van der Waals surface area contributed by atoms with Crippen molar-refractivity contribution in [3.05, 3.63) is 47.0 Å². The number of nitrogens with one attached hydrogen (secondary N) is 1. The Morgan fingerprint density at radius 2 is 2.12 bits per heavy atom. The molecule has 0 saturated carbocycles. The number of ether oxygens (including phenoxy) is 2. The molecule has 0 saturated heterocycles. The van der Waals surface area contributed by atoms with E-state index in [1.54, 1.807) is 23.6 Å². The fourth-order valence-electron chi connectivity index (χ4n) is 2.36. The van der Waals surface area contributed by atoms with E-state index in [-0.39, 0.29) is 6.10 Å². The minimum atomic E-state index is 0.00641. The van der Waals surface area contributed by atoms with Gasteiger partial charge in [0.25, 0.3) is 0 Å². The second-order valence-corrected chi connectivity index (χ2v) is 7.22. The fraction of sp³-hybridized carbons (Fsp3) is 0.263. The molecule has 0 bridgehead atoms. The van der Waals surface area contributed by atoms with Gasteiger partial charge in [0.2, 0.25) is 5.13 Å². The summed E-state index contributed by atoms with van der Waals surface area (Å²) in [6.07, 6.45) is 1.69. The molecule has 0 atom stereocenters. The maximum absolute atomic E-state index is 6.37. The summed E-state index contributed by atoms with van der Waals surface area (Å²) in [5.41, 5.74) is 4.72. The van der Waals surface area contributed by atoms with Gasteiger partial charge in [0, 0.05) is 0 Å². The van der Waals surface area contributed by atoms with Crippen LogP contribution in [0.1, 0.15) is 26.3 Å². The predicted molar refractivity (Wildman–Crippen MR) is 109 cm³/mol. The van der Waals surface area contributed by atoms with Crippen molar-refractivity contribution in [3.8, 4) is 11.5 Å². The molecule has 1 aromatic heterocycles. The van der Waals surface area contributed by atoms with Gasteiger partial charge in [-0.2, -0.15) is 5.10 Å². The van der Waals surface area contributed by atoms with E-state index in [0.717, 1.165) is 20.9 Å². The van der Waals surface area contributed by atoms with Crippen LogP contribution in [-0.2, 0) is 0 Å². The molecule has 3 aromatic rings. The Morgan fingerprint density at radius 3 is 2.85 bits per heavy atom. The largest absolute Gasteiger partial charge is 0.490 e. The second-order valence-electron chi connectivity index (χ2n) is 5.79. The maximum atomic E-state index is 6.37. The zero-order chi connectivity index (χ0) is 18.5. The van der Waals surface area contributed by atoms with E-state index in [1.165, 1.54) is 0 Å². The van der Waals surface area contributed by atoms with Gasteiger partial charge in [-0.3, -0.25) is 5.43 Å². The Bertz CT molecular complexity index is 891. The zero-order valence-corrected chi connectivity index (χ0v) is 16.4. The number of hydrogen-bond donors (Lipinski definition) is 1. The smallest absolute Gasteiger partial charge is 0.204 e. The van der Waals surface area contributed by atoms with Crippen LogP contribution in [0.2, 0.25) is 5.02 Å². The number of rotatable bonds is 7. The Balaban J connectivity index is 1.78. The molecule has 0 aliphatic rings. The number of halogens is 1. The molecular weight excluding hydrogens is 370 g/mol. The standard InChI is InChI=1S/C19H20ClN3O2S/c1-4-24-16-10-13(9-14(20)18(16)25-12(2)3)11-21-23-19-22-15-7-5-6-8-17(15)26-19/h5-12H,4H2,1-3H3,(H,22,23)/b21-11-. The number of aromatic nitrogens is 1. The summed E-state index contributed by atoms with van der Waals surface area (Å²) in [6, 6.07) is 11.6. The first-order valence-corrected chi connectivity index (χ1v) is 9.54. The normalized spacial score (nSPS) is 11.4. The van der Waals surface area contributed by atoms with Gasteiger partial charge in [-0.25, -0.2) is 4.98 Å². The minimum Gasteiger partial charge on any atom is -0.490 e. The van der Waals surface area contributed by atoms with E-state index in [9.17, 15) is 0 Å². The van der Waals surface area contributed by atoms with Crippen LogP contribution in [0.4, 0.5) is 5.13 Å². The molecule has 0 aliphatic heterocycles. The summed E-state index contributed by atoms with van der Waals surface area (Å²) < 4.78 is 12.5. The Labute approximate surface area is 161 Å². The third kappa shape index (κ3) is 4.45. The number of fused-ring (bicyclic) bond motifs is 1. The van der Waals surface area contributed by atoms with Crippen molar-refractivity contribution in [2.45, 2.75) is 26.9 Å². The Morgan fingerprint density at radius 1 is 1.31 bits per heavy atom. The third-order valence-electron chi connectivity index (χ3n) is 3.35. The highest BCUT2D eigenvalue weighted by molar-refractivity contribution is 7.22. The highest BCUT2D eigenvalue weighted by Gasteiger charge is 2.13. The molecule has 1 N–H and O–H groups in total. The topological polar surface area (TPSA) is 55.7 Å². The Kier molecular flexibility index (Phi) is 5.96. The lowest BCUT2D eigenvalue weighted by atomic mass is 10.2. The fourth-order valence-corrected chi connectivity index (χ4v) is 3.44. The van der Waals surface area contributed by atoms with Gasteiger partial charge in [0.05, 0.1) is 34.2 Å². The van der Waals surface area contributed by atoms with Crippen LogP contribution in [0, 0.1) is 0 Å². The summed E-state index contributed by atoms with van der Waals surface area (Å²) in [5.74, 6) is 1.16. The summed E-state index contributed by atoms with van der Waals surface area (Å²) in [7, 11) is 0. The van der Waals surface area contributed by atoms with E-state index in [0.29, 0.717) is 23.1 Å². The lowest BCUT2D eigenvalue weighted by Crippen LogP contribution is -2.08. The van der Waals surface area contributed by atoms with E-state index >= 15 is 0 Å². The van der Waals surface area contributed by atoms with Crippen LogP contribution in [0.25, 0.3) is 10.2 Å². The van der Waals surface area contributed by atoms with Crippen LogP contribution in [-0.4, -0.2) is 23.9 Å². The number of hydrazone groups is 1. The molecule has 0 radical (unpaired) electrons. The average Bonchev–Trinajstić information content (AvgIpc) is 3.00. The number of para-hydroxylation sites is 1. The molecular formula is C19H20ClN3O2S. The van der Waals surface area contributed by atoms with E-state index < -0.39 is 0 Å². The third-order valence-corrected chi connectivity index (χ3v) is 4.57. The molecule has 2 aromatic carbocycles. The molecule has 0 amide bonds. The van der Waals surface area contributed by atoms with Crippen molar-refractivity contribution < 1.29 is 9.47 Å². The number of thiazole rings is 1. The second kappa shape index (κ2) is 8.38. The lowest BCUT2D eigenvalue weighted by molar-refractivity contribution is 0.224. The minimum absolute atomic E-state index is 0.00641. The SMILES string of the molecule is CCOc1cc(/C=N\Nc2nc3ccccc3s2)cc(Cl)c1OC(C)C. The van der Waals surface area contributed by atoms with Gasteiger partial charge in [0.1, 0.15) is 0 Å². The van der Waals surface area contributed by atoms with Crippen LogP contribution >= 0.6 is 22.9 Å². The first kappa shape index (κ1) is 18.5. The van der Waals surface area contributed by atoms with Crippen molar-refractivity contribution in [1.82, 2.24) is 4.98 Å². The number of hydrogen-bond acceptors (Lipinski definition) is 6. The van der Waals surface area contributed by atoms with Crippen molar-refractivity contribution in [1.29, 1.82) is 0 Å². The van der Waals surface area contributed by atoms with Crippen LogP contribution in [0.5, 0.6) is 11.5 Å². The molecule has 0 fully saturated rings. The van der Waals surface area contributed by atoms with E-state index in [2.05, 4.69) is 15.5 Å². The molecule has 26 heavy (non-hydrogen) atoms. The van der Waals surface area contributed by atoms with Gasteiger partial charge < -0.3 is 9.47 Å². The van der Waals surface area contributed by atoms with Gasteiger partial charge in [0.15, 0.2) is 11.5 Å². The quantitative estimate of drug-likeness (QED) is 0.423. The number of anilines is 1. The monoisotopic (exact) mass is 389 g/mol.